The highest BCUT2D eigenvalue weighted by Crippen LogP contribution is 2.32. The second-order valence-corrected chi connectivity index (χ2v) is 7.07. The van der Waals surface area contributed by atoms with Crippen molar-refractivity contribution in [2.24, 2.45) is 0 Å². The summed E-state index contributed by atoms with van der Waals surface area (Å²) in [6, 6.07) is 4.33. The Morgan fingerprint density at radius 1 is 1.32 bits per heavy atom. The first-order valence-corrected chi connectivity index (χ1v) is 8.99. The van der Waals surface area contributed by atoms with Gasteiger partial charge in [-0.2, -0.15) is 4.98 Å². The van der Waals surface area contributed by atoms with E-state index in [-0.39, 0.29) is 11.9 Å². The molecule has 1 saturated carbocycles. The molecule has 25 heavy (non-hydrogen) atoms. The minimum absolute atomic E-state index is 0.0771. The quantitative estimate of drug-likeness (QED) is 0.802. The van der Waals surface area contributed by atoms with Gasteiger partial charge in [0.25, 0.3) is 0 Å². The van der Waals surface area contributed by atoms with Crippen LogP contribution in [-0.4, -0.2) is 45.0 Å². The Hall–Kier alpha value is -2.15. The van der Waals surface area contributed by atoms with Crippen molar-refractivity contribution in [3.8, 4) is 0 Å². The van der Waals surface area contributed by atoms with Crippen LogP contribution in [0.2, 0.25) is 0 Å². The smallest absolute Gasteiger partial charge is 0.237 e. The summed E-state index contributed by atoms with van der Waals surface area (Å²) in [5, 5.41) is 4.05. The third-order valence-electron chi connectivity index (χ3n) is 4.97. The molecule has 0 radical (unpaired) electrons. The van der Waals surface area contributed by atoms with E-state index in [1.807, 2.05) is 24.0 Å². The molecule has 2 aliphatic rings. The summed E-state index contributed by atoms with van der Waals surface area (Å²) in [7, 11) is 0. The fourth-order valence-corrected chi connectivity index (χ4v) is 3.57. The van der Waals surface area contributed by atoms with E-state index in [2.05, 4.69) is 15.0 Å². The molecule has 0 aromatic carbocycles. The third-order valence-corrected chi connectivity index (χ3v) is 4.97. The summed E-state index contributed by atoms with van der Waals surface area (Å²) in [5.41, 5.74) is 0. The van der Waals surface area contributed by atoms with E-state index in [1.165, 1.54) is 0 Å². The highest BCUT2D eigenvalue weighted by atomic mass is 16.5. The molecule has 4 rings (SSSR count). The zero-order valence-electron chi connectivity index (χ0n) is 14.8. The number of hydrogen-bond donors (Lipinski definition) is 0. The van der Waals surface area contributed by atoms with Crippen molar-refractivity contribution in [2.75, 3.05) is 13.1 Å². The molecule has 134 valence electrons. The Labute approximate surface area is 147 Å². The number of carbonyl (C=O) groups is 1. The van der Waals surface area contributed by atoms with Gasteiger partial charge in [0.2, 0.25) is 11.8 Å². The number of rotatable bonds is 6. The Morgan fingerprint density at radius 2 is 2.16 bits per heavy atom. The lowest BCUT2D eigenvalue weighted by molar-refractivity contribution is -0.134. The standard InChI is InChI=1S/C18H24N4O3/c1-12-5-8-15(24-12)10-22(14-6-7-14)17(23)11-21-9-3-4-16(21)18-19-13(2)25-20-18/h5,8,14,16H,3-4,6-7,9-11H2,1-2H3. The zero-order chi connectivity index (χ0) is 17.4. The summed E-state index contributed by atoms with van der Waals surface area (Å²) in [6.07, 6.45) is 4.18. The summed E-state index contributed by atoms with van der Waals surface area (Å²) < 4.78 is 10.8. The van der Waals surface area contributed by atoms with Crippen molar-refractivity contribution in [1.82, 2.24) is 19.9 Å². The van der Waals surface area contributed by atoms with E-state index in [9.17, 15) is 4.79 Å². The maximum atomic E-state index is 13.0. The normalized spacial score (nSPS) is 21.0. The molecule has 1 aliphatic carbocycles. The van der Waals surface area contributed by atoms with Crippen LogP contribution in [0.5, 0.6) is 0 Å². The topological polar surface area (TPSA) is 75.6 Å². The van der Waals surface area contributed by atoms with Crippen molar-refractivity contribution in [3.05, 3.63) is 35.4 Å². The first-order valence-electron chi connectivity index (χ1n) is 8.99. The van der Waals surface area contributed by atoms with Gasteiger partial charge in [0.05, 0.1) is 19.1 Å². The number of furan rings is 1. The molecule has 2 aromatic heterocycles. The van der Waals surface area contributed by atoms with Gasteiger partial charge in [0.1, 0.15) is 11.5 Å². The molecular formula is C18H24N4O3. The van der Waals surface area contributed by atoms with Gasteiger partial charge in [0, 0.05) is 13.0 Å². The predicted molar refractivity (Wildman–Crippen MR) is 89.6 cm³/mol. The fourth-order valence-electron chi connectivity index (χ4n) is 3.57. The lowest BCUT2D eigenvalue weighted by Gasteiger charge is -2.27. The molecule has 1 saturated heterocycles. The van der Waals surface area contributed by atoms with Gasteiger partial charge in [-0.05, 0) is 51.3 Å². The Balaban J connectivity index is 1.43. The third kappa shape index (κ3) is 3.61. The van der Waals surface area contributed by atoms with E-state index >= 15 is 0 Å². The van der Waals surface area contributed by atoms with Crippen LogP contribution < -0.4 is 0 Å². The molecule has 0 bridgehead atoms. The first-order chi connectivity index (χ1) is 12.1. The van der Waals surface area contributed by atoms with Crippen LogP contribution in [0.25, 0.3) is 0 Å². The molecule has 7 nitrogen and oxygen atoms in total. The summed E-state index contributed by atoms with van der Waals surface area (Å²) in [6.45, 7) is 5.56. The minimum Gasteiger partial charge on any atom is -0.464 e. The summed E-state index contributed by atoms with van der Waals surface area (Å²) in [4.78, 5) is 21.4. The average molecular weight is 344 g/mol. The van der Waals surface area contributed by atoms with Crippen LogP contribution in [0.15, 0.2) is 21.1 Å². The number of likely N-dealkylation sites (tertiary alicyclic amines) is 1. The van der Waals surface area contributed by atoms with Gasteiger partial charge in [-0.25, -0.2) is 0 Å². The number of carbonyl (C=O) groups excluding carboxylic acids is 1. The highest BCUT2D eigenvalue weighted by molar-refractivity contribution is 5.79. The second-order valence-electron chi connectivity index (χ2n) is 7.07. The minimum atomic E-state index is 0.0771. The molecule has 3 heterocycles. The molecular weight excluding hydrogens is 320 g/mol. The molecule has 2 aromatic rings. The van der Waals surface area contributed by atoms with Crippen LogP contribution in [0.3, 0.4) is 0 Å². The lowest BCUT2D eigenvalue weighted by atomic mass is 10.2. The maximum absolute atomic E-state index is 13.0. The van der Waals surface area contributed by atoms with Gasteiger partial charge in [0.15, 0.2) is 5.82 Å². The van der Waals surface area contributed by atoms with Crippen molar-refractivity contribution in [3.63, 3.8) is 0 Å². The monoisotopic (exact) mass is 344 g/mol. The number of aryl methyl sites for hydroxylation is 2. The summed E-state index contributed by atoms with van der Waals surface area (Å²) in [5.74, 6) is 3.15. The van der Waals surface area contributed by atoms with Gasteiger partial charge >= 0.3 is 0 Å². The Bertz CT molecular complexity index is 749. The van der Waals surface area contributed by atoms with Gasteiger partial charge in [-0.1, -0.05) is 5.16 Å². The molecule has 0 spiro atoms. The van der Waals surface area contributed by atoms with Crippen molar-refractivity contribution < 1.29 is 13.7 Å². The Morgan fingerprint density at radius 3 is 2.80 bits per heavy atom. The van der Waals surface area contributed by atoms with Gasteiger partial charge in [-0.15, -0.1) is 0 Å². The SMILES string of the molecule is Cc1ccc(CN(C(=O)CN2CCCC2c2noc(C)n2)C2CC2)o1. The van der Waals surface area contributed by atoms with E-state index in [1.54, 1.807) is 6.92 Å². The second kappa shape index (κ2) is 6.63. The van der Waals surface area contributed by atoms with Crippen molar-refractivity contribution in [2.45, 2.75) is 58.2 Å². The van der Waals surface area contributed by atoms with E-state index in [0.717, 1.165) is 43.7 Å². The Kier molecular flexibility index (Phi) is 4.33. The number of aromatic nitrogens is 2. The largest absolute Gasteiger partial charge is 0.464 e. The van der Waals surface area contributed by atoms with Crippen LogP contribution in [0, 0.1) is 13.8 Å². The molecule has 1 atom stereocenters. The summed E-state index contributed by atoms with van der Waals surface area (Å²) >= 11 is 0. The molecule has 1 aliphatic heterocycles. The highest BCUT2D eigenvalue weighted by Gasteiger charge is 2.36. The van der Waals surface area contributed by atoms with Crippen molar-refractivity contribution in [1.29, 1.82) is 0 Å². The van der Waals surface area contributed by atoms with Crippen LogP contribution in [-0.2, 0) is 11.3 Å². The van der Waals surface area contributed by atoms with E-state index in [0.29, 0.717) is 30.8 Å². The molecule has 0 N–H and O–H groups in total. The average Bonchev–Trinajstić information content (AvgIpc) is 2.94. The number of hydrogen-bond acceptors (Lipinski definition) is 6. The number of nitrogens with zero attached hydrogens (tertiary/aromatic N) is 4. The van der Waals surface area contributed by atoms with E-state index in [4.69, 9.17) is 8.94 Å². The van der Waals surface area contributed by atoms with Crippen LogP contribution >= 0.6 is 0 Å². The predicted octanol–water partition coefficient (Wildman–Crippen LogP) is 2.61. The first kappa shape index (κ1) is 16.3. The van der Waals surface area contributed by atoms with Gasteiger partial charge in [-0.3, -0.25) is 9.69 Å². The molecule has 7 heteroatoms. The van der Waals surface area contributed by atoms with Crippen LogP contribution in [0.1, 0.15) is 55.0 Å². The fraction of sp³-hybridized carbons (Fsp3) is 0.611. The van der Waals surface area contributed by atoms with Crippen LogP contribution in [0.4, 0.5) is 0 Å². The lowest BCUT2D eigenvalue weighted by Crippen LogP contribution is -2.41. The molecule has 1 amide bonds. The van der Waals surface area contributed by atoms with Crippen molar-refractivity contribution >= 4 is 5.91 Å². The molecule has 1 unspecified atom stereocenters. The zero-order valence-corrected chi connectivity index (χ0v) is 14.8. The van der Waals surface area contributed by atoms with E-state index < -0.39 is 0 Å². The maximum Gasteiger partial charge on any atom is 0.237 e. The molecule has 2 fully saturated rings. The number of amides is 1. The van der Waals surface area contributed by atoms with Gasteiger partial charge < -0.3 is 13.8 Å².